The summed E-state index contributed by atoms with van der Waals surface area (Å²) in [7, 11) is 0. The zero-order valence-corrected chi connectivity index (χ0v) is 12.6. The quantitative estimate of drug-likeness (QED) is 0.720. The lowest BCUT2D eigenvalue weighted by molar-refractivity contribution is 0.0950. The van der Waals surface area contributed by atoms with Gasteiger partial charge in [-0.1, -0.05) is 6.92 Å². The Morgan fingerprint density at radius 2 is 2.29 bits per heavy atom. The molecule has 0 radical (unpaired) electrons. The topological polar surface area (TPSA) is 87.1 Å². The van der Waals surface area contributed by atoms with Crippen LogP contribution in [-0.4, -0.2) is 34.1 Å². The molecular weight excluding hydrogens is 288 g/mol. The first kappa shape index (κ1) is 15.4. The predicted octanol–water partition coefficient (Wildman–Crippen LogP) is 1.43. The van der Waals surface area contributed by atoms with Crippen molar-refractivity contribution in [2.24, 2.45) is 0 Å². The van der Waals surface area contributed by atoms with Crippen LogP contribution in [0.3, 0.4) is 0 Å². The number of hydrogen-bond acceptors (Lipinski definition) is 6. The Hall–Kier alpha value is -1.99. The van der Waals surface area contributed by atoms with Crippen molar-refractivity contribution >= 4 is 23.1 Å². The number of carbonyl (C=O) groups is 1. The van der Waals surface area contributed by atoms with Crippen molar-refractivity contribution in [2.75, 3.05) is 18.5 Å². The second-order valence-electron chi connectivity index (χ2n) is 4.35. The average molecular weight is 306 g/mol. The number of aliphatic hydroxyl groups is 1. The van der Waals surface area contributed by atoms with Crippen molar-refractivity contribution in [1.29, 1.82) is 0 Å². The maximum Gasteiger partial charge on any atom is 0.253 e. The summed E-state index contributed by atoms with van der Waals surface area (Å²) in [5.74, 6) is 0.456. The maximum absolute atomic E-state index is 12.0. The number of hydrogen-bond donors (Lipinski definition) is 3. The fourth-order valence-electron chi connectivity index (χ4n) is 1.67. The van der Waals surface area contributed by atoms with E-state index in [1.54, 1.807) is 23.5 Å². The Bertz CT molecular complexity index is 583. The van der Waals surface area contributed by atoms with Crippen molar-refractivity contribution in [3.63, 3.8) is 0 Å². The SMILES string of the molecule is CCc1csc(CNC(=O)c2ccc(NCCO)nc2)n1. The first-order valence-electron chi connectivity index (χ1n) is 6.75. The monoisotopic (exact) mass is 306 g/mol. The minimum absolute atomic E-state index is 0.0392. The summed E-state index contributed by atoms with van der Waals surface area (Å²) < 4.78 is 0. The number of anilines is 1. The van der Waals surface area contributed by atoms with Gasteiger partial charge in [0.15, 0.2) is 0 Å². The van der Waals surface area contributed by atoms with E-state index >= 15 is 0 Å². The summed E-state index contributed by atoms with van der Waals surface area (Å²) in [6, 6.07) is 3.41. The number of nitrogens with one attached hydrogen (secondary N) is 2. The van der Waals surface area contributed by atoms with Gasteiger partial charge in [-0.15, -0.1) is 11.3 Å². The van der Waals surface area contributed by atoms with Crippen LogP contribution >= 0.6 is 11.3 Å². The van der Waals surface area contributed by atoms with Crippen LogP contribution in [-0.2, 0) is 13.0 Å². The third-order valence-electron chi connectivity index (χ3n) is 2.81. The van der Waals surface area contributed by atoms with Gasteiger partial charge in [-0.05, 0) is 18.6 Å². The molecule has 2 aromatic rings. The van der Waals surface area contributed by atoms with Gasteiger partial charge in [0.25, 0.3) is 5.91 Å². The fourth-order valence-corrected chi connectivity index (χ4v) is 2.48. The third-order valence-corrected chi connectivity index (χ3v) is 3.70. The zero-order valence-electron chi connectivity index (χ0n) is 11.8. The van der Waals surface area contributed by atoms with E-state index in [0.717, 1.165) is 17.1 Å². The van der Waals surface area contributed by atoms with Gasteiger partial charge in [-0.3, -0.25) is 4.79 Å². The molecule has 21 heavy (non-hydrogen) atoms. The van der Waals surface area contributed by atoms with Crippen molar-refractivity contribution in [1.82, 2.24) is 15.3 Å². The number of amides is 1. The molecule has 0 unspecified atom stereocenters. The van der Waals surface area contributed by atoms with Gasteiger partial charge in [-0.2, -0.15) is 0 Å². The number of rotatable bonds is 7. The van der Waals surface area contributed by atoms with Crippen LogP contribution in [0.5, 0.6) is 0 Å². The zero-order chi connectivity index (χ0) is 15.1. The molecule has 0 saturated carbocycles. The molecule has 0 aliphatic rings. The molecule has 0 bridgehead atoms. The first-order valence-corrected chi connectivity index (χ1v) is 7.63. The van der Waals surface area contributed by atoms with E-state index in [2.05, 4.69) is 27.5 Å². The third kappa shape index (κ3) is 4.51. The second kappa shape index (κ2) is 7.70. The number of thiazole rings is 1. The largest absolute Gasteiger partial charge is 0.395 e. The van der Waals surface area contributed by atoms with Crippen LogP contribution in [0.1, 0.15) is 28.0 Å². The second-order valence-corrected chi connectivity index (χ2v) is 5.29. The lowest BCUT2D eigenvalue weighted by Crippen LogP contribution is -2.23. The Kier molecular flexibility index (Phi) is 5.65. The Balaban J connectivity index is 1.87. The highest BCUT2D eigenvalue weighted by Gasteiger charge is 2.07. The van der Waals surface area contributed by atoms with Crippen LogP contribution in [0.4, 0.5) is 5.82 Å². The Morgan fingerprint density at radius 3 is 2.90 bits per heavy atom. The molecule has 0 atom stereocenters. The summed E-state index contributed by atoms with van der Waals surface area (Å²) in [6.07, 6.45) is 2.41. The van der Waals surface area contributed by atoms with Crippen LogP contribution in [0, 0.1) is 0 Å². The highest BCUT2D eigenvalue weighted by atomic mass is 32.1. The lowest BCUT2D eigenvalue weighted by atomic mass is 10.2. The van der Waals surface area contributed by atoms with Gasteiger partial charge < -0.3 is 15.7 Å². The van der Waals surface area contributed by atoms with Crippen LogP contribution in [0.2, 0.25) is 0 Å². The summed E-state index contributed by atoms with van der Waals surface area (Å²) >= 11 is 1.55. The molecule has 0 aliphatic carbocycles. The fraction of sp³-hybridized carbons (Fsp3) is 0.357. The van der Waals surface area contributed by atoms with Gasteiger partial charge in [0.2, 0.25) is 0 Å². The van der Waals surface area contributed by atoms with E-state index in [4.69, 9.17) is 5.11 Å². The standard InChI is InChI=1S/C14H18N4O2S/c1-2-11-9-21-13(18-11)8-17-14(20)10-3-4-12(16-7-10)15-5-6-19/h3-4,7,9,19H,2,5-6,8H2,1H3,(H,15,16)(H,17,20). The number of aromatic nitrogens is 2. The molecule has 0 aliphatic heterocycles. The summed E-state index contributed by atoms with van der Waals surface area (Å²) in [6.45, 7) is 2.95. The molecule has 1 amide bonds. The summed E-state index contributed by atoms with van der Waals surface area (Å²) in [5.41, 5.74) is 1.54. The van der Waals surface area contributed by atoms with Crippen LogP contribution in [0.15, 0.2) is 23.7 Å². The molecule has 0 fully saturated rings. The van der Waals surface area contributed by atoms with Gasteiger partial charge in [-0.25, -0.2) is 9.97 Å². The molecule has 0 aromatic carbocycles. The Morgan fingerprint density at radius 1 is 1.43 bits per heavy atom. The maximum atomic E-state index is 12.0. The van der Waals surface area contributed by atoms with E-state index in [0.29, 0.717) is 24.5 Å². The summed E-state index contributed by atoms with van der Waals surface area (Å²) in [4.78, 5) is 20.5. The smallest absolute Gasteiger partial charge is 0.253 e. The number of aryl methyl sites for hydroxylation is 1. The normalized spacial score (nSPS) is 10.4. The highest BCUT2D eigenvalue weighted by Crippen LogP contribution is 2.10. The van der Waals surface area contributed by atoms with E-state index in [1.165, 1.54) is 6.20 Å². The molecule has 2 rings (SSSR count). The predicted molar refractivity (Wildman–Crippen MR) is 82.5 cm³/mol. The van der Waals surface area contributed by atoms with Gasteiger partial charge in [0, 0.05) is 18.1 Å². The van der Waals surface area contributed by atoms with Gasteiger partial charge >= 0.3 is 0 Å². The molecule has 3 N–H and O–H groups in total. The lowest BCUT2D eigenvalue weighted by Gasteiger charge is -2.05. The van der Waals surface area contributed by atoms with E-state index < -0.39 is 0 Å². The van der Waals surface area contributed by atoms with E-state index in [9.17, 15) is 4.79 Å². The molecular formula is C14H18N4O2S. The van der Waals surface area contributed by atoms with E-state index in [-0.39, 0.29) is 12.5 Å². The number of carbonyl (C=O) groups excluding carboxylic acids is 1. The first-order chi connectivity index (χ1) is 10.2. The molecule has 2 heterocycles. The van der Waals surface area contributed by atoms with E-state index in [1.807, 2.05) is 5.38 Å². The van der Waals surface area contributed by atoms with Crippen molar-refractivity contribution in [3.05, 3.63) is 40.0 Å². The average Bonchev–Trinajstić information content (AvgIpc) is 2.99. The number of aliphatic hydroxyl groups excluding tert-OH is 1. The number of nitrogens with zero attached hydrogens (tertiary/aromatic N) is 2. The minimum Gasteiger partial charge on any atom is -0.395 e. The number of pyridine rings is 1. The van der Waals surface area contributed by atoms with Gasteiger partial charge in [0.1, 0.15) is 10.8 Å². The molecule has 0 saturated heterocycles. The Labute approximate surface area is 127 Å². The van der Waals surface area contributed by atoms with Crippen molar-refractivity contribution < 1.29 is 9.90 Å². The van der Waals surface area contributed by atoms with Crippen LogP contribution in [0.25, 0.3) is 0 Å². The molecule has 7 heteroatoms. The highest BCUT2D eigenvalue weighted by molar-refractivity contribution is 7.09. The molecule has 6 nitrogen and oxygen atoms in total. The van der Waals surface area contributed by atoms with Crippen molar-refractivity contribution in [2.45, 2.75) is 19.9 Å². The molecule has 112 valence electrons. The minimum atomic E-state index is -0.176. The molecule has 2 aromatic heterocycles. The molecule has 0 spiro atoms. The van der Waals surface area contributed by atoms with Gasteiger partial charge in [0.05, 0.1) is 24.4 Å². The summed E-state index contributed by atoms with van der Waals surface area (Å²) in [5, 5.41) is 17.4. The van der Waals surface area contributed by atoms with Crippen LogP contribution < -0.4 is 10.6 Å². The van der Waals surface area contributed by atoms with Crippen molar-refractivity contribution in [3.8, 4) is 0 Å².